The highest BCUT2D eigenvalue weighted by Gasteiger charge is 2.70. The normalized spacial score (nSPS) is 37.4. The summed E-state index contributed by atoms with van der Waals surface area (Å²) in [6, 6.07) is 4.86. The average Bonchev–Trinajstić information content (AvgIpc) is 3.00. The summed E-state index contributed by atoms with van der Waals surface area (Å²) in [5.74, 6) is 1.66. The molecule has 0 amide bonds. The Morgan fingerprint density at radius 3 is 2.68 bits per heavy atom. The number of methoxy groups -OCH3 is 3. The first-order valence-corrected chi connectivity index (χ1v) is 9.29. The molecule has 4 atom stereocenters. The Labute approximate surface area is 149 Å². The standard InChI is InChI=1S/C20H27NO4/c1-21-10-9-19-13-7-8-20(23-3,24-4)18(19)25-17-15(22-2)6-5-12(16(17)19)11-14(13)21/h5-6,13-14,18H,7-11H2,1-4H3/t13-,14+,18-,19-/m0/s1. The summed E-state index contributed by atoms with van der Waals surface area (Å²) < 4.78 is 24.2. The Hall–Kier alpha value is -1.30. The third kappa shape index (κ3) is 1.70. The molecule has 0 aromatic heterocycles. The van der Waals surface area contributed by atoms with Crippen LogP contribution in [0.15, 0.2) is 12.1 Å². The molecule has 5 heteroatoms. The number of hydrogen-bond acceptors (Lipinski definition) is 5. The maximum atomic E-state index is 6.64. The number of likely N-dealkylation sites (tertiary alicyclic amines) is 1. The minimum absolute atomic E-state index is 0.0289. The molecule has 1 saturated carbocycles. The van der Waals surface area contributed by atoms with Crippen LogP contribution < -0.4 is 9.47 Å². The van der Waals surface area contributed by atoms with Gasteiger partial charge >= 0.3 is 0 Å². The molecule has 1 spiro atoms. The van der Waals surface area contributed by atoms with Gasteiger partial charge in [-0.05, 0) is 50.4 Å². The van der Waals surface area contributed by atoms with Gasteiger partial charge in [-0.2, -0.15) is 0 Å². The zero-order valence-corrected chi connectivity index (χ0v) is 15.5. The fourth-order valence-electron chi connectivity index (χ4n) is 6.36. The summed E-state index contributed by atoms with van der Waals surface area (Å²) in [6.45, 7) is 1.08. The third-order valence-electron chi connectivity index (χ3n) is 7.49. The second kappa shape index (κ2) is 5.12. The van der Waals surface area contributed by atoms with E-state index in [0.717, 1.165) is 43.7 Å². The van der Waals surface area contributed by atoms with Crippen LogP contribution in [0.2, 0.25) is 0 Å². The van der Waals surface area contributed by atoms with Crippen molar-refractivity contribution in [2.45, 2.75) is 49.0 Å². The molecule has 2 aliphatic heterocycles. The molecule has 5 rings (SSSR count). The lowest BCUT2D eigenvalue weighted by Crippen LogP contribution is -2.70. The minimum atomic E-state index is -0.685. The minimum Gasteiger partial charge on any atom is -0.493 e. The Morgan fingerprint density at radius 1 is 1.16 bits per heavy atom. The van der Waals surface area contributed by atoms with E-state index < -0.39 is 5.79 Å². The van der Waals surface area contributed by atoms with Crippen LogP contribution in [0.25, 0.3) is 0 Å². The van der Waals surface area contributed by atoms with Crippen LogP contribution in [0.3, 0.4) is 0 Å². The molecule has 2 bridgehead atoms. The summed E-state index contributed by atoms with van der Waals surface area (Å²) >= 11 is 0. The highest BCUT2D eigenvalue weighted by atomic mass is 16.7. The predicted molar refractivity (Wildman–Crippen MR) is 93.3 cm³/mol. The zero-order valence-electron chi connectivity index (χ0n) is 15.5. The van der Waals surface area contributed by atoms with Gasteiger partial charge in [-0.3, -0.25) is 0 Å². The Balaban J connectivity index is 1.78. The van der Waals surface area contributed by atoms with E-state index in [1.54, 1.807) is 21.3 Å². The largest absolute Gasteiger partial charge is 0.493 e. The van der Waals surface area contributed by atoms with Crippen molar-refractivity contribution in [1.82, 2.24) is 4.90 Å². The van der Waals surface area contributed by atoms with Gasteiger partial charge in [0.15, 0.2) is 17.6 Å². The van der Waals surface area contributed by atoms with Crippen molar-refractivity contribution in [3.63, 3.8) is 0 Å². The van der Waals surface area contributed by atoms with Crippen LogP contribution >= 0.6 is 0 Å². The van der Waals surface area contributed by atoms with Crippen molar-refractivity contribution in [1.29, 1.82) is 0 Å². The van der Waals surface area contributed by atoms with Gasteiger partial charge in [0.05, 0.1) is 7.11 Å². The molecule has 1 saturated heterocycles. The van der Waals surface area contributed by atoms with E-state index >= 15 is 0 Å². The molecular formula is C20H27NO4. The quantitative estimate of drug-likeness (QED) is 0.787. The molecule has 2 aliphatic carbocycles. The SMILES string of the molecule is COc1ccc2c3c1O[C@@H]1C(OC)(OC)CC[C@H]4[C@@H](C2)N(C)CC[C@]314. The first kappa shape index (κ1) is 15.9. The number of piperidine rings is 1. The number of hydrogen-bond donors (Lipinski definition) is 0. The average molecular weight is 345 g/mol. The lowest BCUT2D eigenvalue weighted by Gasteiger charge is -2.60. The summed E-state index contributed by atoms with van der Waals surface area (Å²) in [7, 11) is 7.49. The molecule has 0 N–H and O–H groups in total. The van der Waals surface area contributed by atoms with E-state index in [1.807, 2.05) is 0 Å². The molecule has 0 unspecified atom stereocenters. The van der Waals surface area contributed by atoms with Gasteiger partial charge in [-0.25, -0.2) is 0 Å². The maximum Gasteiger partial charge on any atom is 0.206 e. The summed E-state index contributed by atoms with van der Waals surface area (Å²) in [5, 5.41) is 0. The van der Waals surface area contributed by atoms with Crippen molar-refractivity contribution in [3.05, 3.63) is 23.3 Å². The Morgan fingerprint density at radius 2 is 1.96 bits per heavy atom. The monoisotopic (exact) mass is 345 g/mol. The fraction of sp³-hybridized carbons (Fsp3) is 0.700. The second-order valence-electron chi connectivity index (χ2n) is 8.04. The molecule has 2 heterocycles. The highest BCUT2D eigenvalue weighted by Crippen LogP contribution is 2.65. The van der Waals surface area contributed by atoms with Gasteiger partial charge in [-0.15, -0.1) is 0 Å². The van der Waals surface area contributed by atoms with E-state index in [1.165, 1.54) is 11.1 Å². The number of likely N-dealkylation sites (N-methyl/N-ethyl adjacent to an activating group) is 1. The van der Waals surface area contributed by atoms with Gasteiger partial charge < -0.3 is 23.8 Å². The van der Waals surface area contributed by atoms with Crippen molar-refractivity contribution >= 4 is 0 Å². The highest BCUT2D eigenvalue weighted by molar-refractivity contribution is 5.61. The van der Waals surface area contributed by atoms with E-state index in [-0.39, 0.29) is 11.5 Å². The fourth-order valence-corrected chi connectivity index (χ4v) is 6.36. The number of nitrogens with zero attached hydrogens (tertiary/aromatic N) is 1. The van der Waals surface area contributed by atoms with Crippen molar-refractivity contribution in [2.75, 3.05) is 34.9 Å². The number of ether oxygens (including phenoxy) is 4. The molecule has 25 heavy (non-hydrogen) atoms. The molecule has 4 aliphatic rings. The smallest absolute Gasteiger partial charge is 0.206 e. The first-order chi connectivity index (χ1) is 12.1. The van der Waals surface area contributed by atoms with Gasteiger partial charge in [0.2, 0.25) is 5.79 Å². The van der Waals surface area contributed by atoms with Crippen molar-refractivity contribution in [3.8, 4) is 11.5 Å². The van der Waals surface area contributed by atoms with E-state index in [0.29, 0.717) is 12.0 Å². The zero-order chi connectivity index (χ0) is 17.4. The van der Waals surface area contributed by atoms with E-state index in [4.69, 9.17) is 18.9 Å². The first-order valence-electron chi connectivity index (χ1n) is 9.29. The summed E-state index contributed by atoms with van der Waals surface area (Å²) in [4.78, 5) is 2.55. The second-order valence-corrected chi connectivity index (χ2v) is 8.04. The molecule has 2 fully saturated rings. The lowest BCUT2D eigenvalue weighted by atomic mass is 9.50. The Kier molecular flexibility index (Phi) is 3.26. The molecule has 0 radical (unpaired) electrons. The molecule has 1 aromatic carbocycles. The van der Waals surface area contributed by atoms with Crippen molar-refractivity contribution in [2.24, 2.45) is 5.92 Å². The Bertz CT molecular complexity index is 716. The maximum absolute atomic E-state index is 6.64. The molecule has 1 aromatic rings. The van der Waals surface area contributed by atoms with E-state index in [9.17, 15) is 0 Å². The third-order valence-corrected chi connectivity index (χ3v) is 7.49. The van der Waals surface area contributed by atoms with Crippen LogP contribution in [0, 0.1) is 5.92 Å². The molecular weight excluding hydrogens is 318 g/mol. The van der Waals surface area contributed by atoms with Crippen LogP contribution in [0.1, 0.15) is 30.4 Å². The van der Waals surface area contributed by atoms with Gasteiger partial charge in [0, 0.05) is 37.7 Å². The van der Waals surface area contributed by atoms with Gasteiger partial charge in [0.1, 0.15) is 0 Å². The van der Waals surface area contributed by atoms with Crippen LogP contribution in [0.5, 0.6) is 11.5 Å². The van der Waals surface area contributed by atoms with Crippen molar-refractivity contribution < 1.29 is 18.9 Å². The number of benzene rings is 1. The van der Waals surface area contributed by atoms with Crippen LogP contribution in [0.4, 0.5) is 0 Å². The molecule has 136 valence electrons. The summed E-state index contributed by atoms with van der Waals surface area (Å²) in [6.07, 6.45) is 4.03. The predicted octanol–water partition coefficient (Wildman–Crippen LogP) is 2.35. The van der Waals surface area contributed by atoms with Gasteiger partial charge in [0.25, 0.3) is 0 Å². The molecule has 5 nitrogen and oxygen atoms in total. The summed E-state index contributed by atoms with van der Waals surface area (Å²) in [5.41, 5.74) is 2.76. The van der Waals surface area contributed by atoms with Crippen LogP contribution in [-0.4, -0.2) is 57.8 Å². The van der Waals surface area contributed by atoms with E-state index in [2.05, 4.69) is 24.1 Å². The van der Waals surface area contributed by atoms with Crippen LogP contribution in [-0.2, 0) is 21.3 Å². The topological polar surface area (TPSA) is 40.2 Å². The lowest BCUT2D eigenvalue weighted by molar-refractivity contribution is -0.292. The van der Waals surface area contributed by atoms with Gasteiger partial charge in [-0.1, -0.05) is 6.07 Å². The number of rotatable bonds is 3.